The molecule has 0 bridgehead atoms. The van der Waals surface area contributed by atoms with E-state index in [4.69, 9.17) is 0 Å². The minimum atomic E-state index is -0.341. The van der Waals surface area contributed by atoms with E-state index in [0.29, 0.717) is 16.1 Å². The third-order valence-corrected chi connectivity index (χ3v) is 4.22. The Labute approximate surface area is 115 Å². The molecule has 1 saturated carbocycles. The maximum atomic E-state index is 13.1. The van der Waals surface area contributed by atoms with Crippen molar-refractivity contribution >= 4 is 21.8 Å². The van der Waals surface area contributed by atoms with Gasteiger partial charge >= 0.3 is 0 Å². The number of benzene rings is 1. The van der Waals surface area contributed by atoms with E-state index in [-0.39, 0.29) is 11.7 Å². The molecule has 98 valence electrons. The van der Waals surface area contributed by atoms with Crippen LogP contribution in [0.3, 0.4) is 0 Å². The summed E-state index contributed by atoms with van der Waals surface area (Å²) < 4.78 is 13.5. The average Bonchev–Trinajstić information content (AvgIpc) is 2.41. The minimum absolute atomic E-state index is 0.0254. The van der Waals surface area contributed by atoms with Gasteiger partial charge in [0.15, 0.2) is 0 Å². The number of hydrogen-bond donors (Lipinski definition) is 0. The van der Waals surface area contributed by atoms with Gasteiger partial charge in [0, 0.05) is 18.7 Å². The largest absolute Gasteiger partial charge is 0.339 e. The Morgan fingerprint density at radius 3 is 2.61 bits per heavy atom. The SMILES string of the molecule is CN(C(=O)c1ccc(F)c(Br)c1)C1CCCCC1. The number of nitrogens with zero attached hydrogens (tertiary/aromatic N) is 1. The molecule has 2 nitrogen and oxygen atoms in total. The molecule has 0 heterocycles. The Balaban J connectivity index is 2.11. The van der Waals surface area contributed by atoms with Crippen LogP contribution in [0.25, 0.3) is 0 Å². The Morgan fingerprint density at radius 1 is 1.33 bits per heavy atom. The van der Waals surface area contributed by atoms with Gasteiger partial charge in [-0.3, -0.25) is 4.79 Å². The Kier molecular flexibility index (Phi) is 4.38. The van der Waals surface area contributed by atoms with E-state index >= 15 is 0 Å². The summed E-state index contributed by atoms with van der Waals surface area (Å²) in [7, 11) is 1.84. The Morgan fingerprint density at radius 2 is 2.00 bits per heavy atom. The van der Waals surface area contributed by atoms with E-state index in [0.717, 1.165) is 12.8 Å². The van der Waals surface area contributed by atoms with Crippen molar-refractivity contribution in [2.24, 2.45) is 0 Å². The zero-order chi connectivity index (χ0) is 13.1. The summed E-state index contributed by atoms with van der Waals surface area (Å²) in [5, 5.41) is 0. The van der Waals surface area contributed by atoms with Crippen molar-refractivity contribution in [2.45, 2.75) is 38.1 Å². The number of hydrogen-bond acceptors (Lipinski definition) is 1. The van der Waals surface area contributed by atoms with Crippen molar-refractivity contribution < 1.29 is 9.18 Å². The van der Waals surface area contributed by atoms with Gasteiger partial charge in [0.1, 0.15) is 5.82 Å². The molecule has 1 aromatic carbocycles. The van der Waals surface area contributed by atoms with Crippen LogP contribution < -0.4 is 0 Å². The quantitative estimate of drug-likeness (QED) is 0.808. The monoisotopic (exact) mass is 313 g/mol. The highest BCUT2D eigenvalue weighted by Crippen LogP contribution is 2.24. The minimum Gasteiger partial charge on any atom is -0.339 e. The molecule has 0 radical (unpaired) electrons. The summed E-state index contributed by atoms with van der Waals surface area (Å²) in [6.07, 6.45) is 5.79. The number of carbonyl (C=O) groups is 1. The van der Waals surface area contributed by atoms with Gasteiger partial charge in [-0.1, -0.05) is 19.3 Å². The van der Waals surface area contributed by atoms with E-state index in [1.165, 1.54) is 25.3 Å². The Hall–Kier alpha value is -0.900. The van der Waals surface area contributed by atoms with Crippen LogP contribution in [0.2, 0.25) is 0 Å². The lowest BCUT2D eigenvalue weighted by atomic mass is 9.94. The first-order valence-electron chi connectivity index (χ1n) is 6.32. The molecule has 1 aliphatic rings. The lowest BCUT2D eigenvalue weighted by molar-refractivity contribution is 0.0696. The summed E-state index contributed by atoms with van der Waals surface area (Å²) >= 11 is 3.11. The zero-order valence-electron chi connectivity index (χ0n) is 10.5. The fourth-order valence-electron chi connectivity index (χ4n) is 2.47. The molecule has 1 aromatic rings. The van der Waals surface area contributed by atoms with Gasteiger partial charge in [0.25, 0.3) is 5.91 Å². The van der Waals surface area contributed by atoms with Crippen LogP contribution in [0.1, 0.15) is 42.5 Å². The van der Waals surface area contributed by atoms with Gasteiger partial charge in [-0.2, -0.15) is 0 Å². The van der Waals surface area contributed by atoms with Gasteiger partial charge in [0.2, 0.25) is 0 Å². The lowest BCUT2D eigenvalue weighted by Gasteiger charge is -2.31. The first-order valence-corrected chi connectivity index (χ1v) is 7.11. The van der Waals surface area contributed by atoms with Gasteiger partial charge in [-0.05, 0) is 47.0 Å². The van der Waals surface area contributed by atoms with E-state index in [1.54, 1.807) is 17.0 Å². The van der Waals surface area contributed by atoms with E-state index < -0.39 is 0 Å². The molecule has 1 fully saturated rings. The number of amides is 1. The van der Waals surface area contributed by atoms with Crippen LogP contribution in [-0.2, 0) is 0 Å². The lowest BCUT2D eigenvalue weighted by Crippen LogP contribution is -2.38. The molecular formula is C14H17BrFNO. The molecule has 1 amide bonds. The molecule has 18 heavy (non-hydrogen) atoms. The molecule has 0 unspecified atom stereocenters. The number of rotatable bonds is 2. The smallest absolute Gasteiger partial charge is 0.253 e. The predicted octanol–water partition coefficient (Wildman–Crippen LogP) is 3.99. The van der Waals surface area contributed by atoms with E-state index in [9.17, 15) is 9.18 Å². The summed E-state index contributed by atoms with van der Waals surface area (Å²) in [5.41, 5.74) is 0.538. The first-order chi connectivity index (χ1) is 8.59. The summed E-state index contributed by atoms with van der Waals surface area (Å²) in [4.78, 5) is 14.1. The van der Waals surface area contributed by atoms with Crippen LogP contribution in [0.5, 0.6) is 0 Å². The molecule has 0 aromatic heterocycles. The van der Waals surface area contributed by atoms with E-state index in [2.05, 4.69) is 15.9 Å². The fraction of sp³-hybridized carbons (Fsp3) is 0.500. The first kappa shape index (κ1) is 13.5. The van der Waals surface area contributed by atoms with Crippen molar-refractivity contribution in [3.05, 3.63) is 34.1 Å². The second-order valence-electron chi connectivity index (χ2n) is 4.84. The van der Waals surface area contributed by atoms with Crippen molar-refractivity contribution in [2.75, 3.05) is 7.05 Å². The zero-order valence-corrected chi connectivity index (χ0v) is 12.0. The third kappa shape index (κ3) is 2.91. The molecule has 0 saturated heterocycles. The molecule has 0 atom stereocenters. The van der Waals surface area contributed by atoms with Crippen LogP contribution in [0, 0.1) is 5.82 Å². The summed E-state index contributed by atoms with van der Waals surface area (Å²) in [6, 6.07) is 4.75. The van der Waals surface area contributed by atoms with Crippen LogP contribution in [0.15, 0.2) is 22.7 Å². The highest BCUT2D eigenvalue weighted by atomic mass is 79.9. The van der Waals surface area contributed by atoms with Crippen LogP contribution in [-0.4, -0.2) is 23.9 Å². The van der Waals surface area contributed by atoms with Crippen LogP contribution in [0.4, 0.5) is 4.39 Å². The van der Waals surface area contributed by atoms with Crippen LogP contribution >= 0.6 is 15.9 Å². The Bertz CT molecular complexity index is 443. The molecule has 2 rings (SSSR count). The van der Waals surface area contributed by atoms with Crippen molar-refractivity contribution in [3.63, 3.8) is 0 Å². The molecule has 0 aliphatic heterocycles. The predicted molar refractivity (Wildman–Crippen MR) is 73.1 cm³/mol. The fourth-order valence-corrected chi connectivity index (χ4v) is 2.85. The molecule has 1 aliphatic carbocycles. The summed E-state index contributed by atoms with van der Waals surface area (Å²) in [6.45, 7) is 0. The number of halogens is 2. The maximum absolute atomic E-state index is 13.1. The second kappa shape index (κ2) is 5.83. The normalized spacial score (nSPS) is 16.6. The second-order valence-corrected chi connectivity index (χ2v) is 5.69. The van der Waals surface area contributed by atoms with Gasteiger partial charge in [-0.15, -0.1) is 0 Å². The highest BCUT2D eigenvalue weighted by molar-refractivity contribution is 9.10. The highest BCUT2D eigenvalue weighted by Gasteiger charge is 2.23. The third-order valence-electron chi connectivity index (χ3n) is 3.61. The van der Waals surface area contributed by atoms with Crippen molar-refractivity contribution in [3.8, 4) is 0 Å². The maximum Gasteiger partial charge on any atom is 0.253 e. The molecule has 0 spiro atoms. The van der Waals surface area contributed by atoms with Gasteiger partial charge in [0.05, 0.1) is 4.47 Å². The molecular weight excluding hydrogens is 297 g/mol. The molecule has 4 heteroatoms. The van der Waals surface area contributed by atoms with Gasteiger partial charge in [-0.25, -0.2) is 4.39 Å². The molecule has 0 N–H and O–H groups in total. The summed E-state index contributed by atoms with van der Waals surface area (Å²) in [5.74, 6) is -0.366. The van der Waals surface area contributed by atoms with Crippen molar-refractivity contribution in [1.82, 2.24) is 4.90 Å². The van der Waals surface area contributed by atoms with E-state index in [1.807, 2.05) is 7.05 Å². The number of carbonyl (C=O) groups excluding carboxylic acids is 1. The van der Waals surface area contributed by atoms with Crippen molar-refractivity contribution in [1.29, 1.82) is 0 Å². The van der Waals surface area contributed by atoms with Gasteiger partial charge < -0.3 is 4.90 Å². The standard InChI is InChI=1S/C14H17BrFNO/c1-17(11-5-3-2-4-6-11)14(18)10-7-8-13(16)12(15)9-10/h7-9,11H,2-6H2,1H3. The average molecular weight is 314 g/mol. The topological polar surface area (TPSA) is 20.3 Å².